The van der Waals surface area contributed by atoms with E-state index in [4.69, 9.17) is 0 Å². The van der Waals surface area contributed by atoms with E-state index in [9.17, 15) is 0 Å². The van der Waals surface area contributed by atoms with Crippen LogP contribution in [0.4, 0.5) is 0 Å². The Morgan fingerprint density at radius 2 is 2.27 bits per heavy atom. The van der Waals surface area contributed by atoms with Gasteiger partial charge in [0.25, 0.3) is 0 Å². The van der Waals surface area contributed by atoms with Crippen molar-refractivity contribution < 1.29 is 0 Å². The maximum Gasteiger partial charge on any atom is 0.103 e. The van der Waals surface area contributed by atoms with Crippen molar-refractivity contribution in [2.75, 3.05) is 0 Å². The van der Waals surface area contributed by atoms with E-state index in [1.165, 1.54) is 0 Å². The van der Waals surface area contributed by atoms with Gasteiger partial charge in [-0.15, -0.1) is 12.6 Å². The molecule has 2 aromatic rings. The Labute approximate surface area is 83.0 Å². The van der Waals surface area contributed by atoms with Gasteiger partial charge in [-0.25, -0.2) is 4.98 Å². The molecule has 0 unspecified atom stereocenters. The van der Waals surface area contributed by atoms with Gasteiger partial charge < -0.3 is 4.98 Å². The molecule has 0 radical (unpaired) electrons. The van der Waals surface area contributed by atoms with Gasteiger partial charge in [-0.1, -0.05) is 0 Å². The quantitative estimate of drug-likeness (QED) is 0.561. The predicted molar refractivity (Wildman–Crippen MR) is 56.1 cm³/mol. The molecule has 1 aromatic carbocycles. The normalized spacial score (nSPS) is 10.7. The molecule has 1 heterocycles. The van der Waals surface area contributed by atoms with Gasteiger partial charge in [0.1, 0.15) is 5.52 Å². The molecule has 2 nitrogen and oxygen atoms in total. The maximum atomic E-state index is 4.29. The fourth-order valence-corrected chi connectivity index (χ4v) is 1.82. The van der Waals surface area contributed by atoms with Crippen molar-refractivity contribution in [1.29, 1.82) is 0 Å². The van der Waals surface area contributed by atoms with E-state index in [0.29, 0.717) is 0 Å². The number of fused-ring (bicyclic) bond motifs is 1. The number of thiol groups is 1. The molecule has 2 rings (SSSR count). The minimum atomic E-state index is 0.943. The van der Waals surface area contributed by atoms with Gasteiger partial charge >= 0.3 is 0 Å². The summed E-state index contributed by atoms with van der Waals surface area (Å²) in [6.07, 6.45) is 1.69. The summed E-state index contributed by atoms with van der Waals surface area (Å²) in [7, 11) is 0. The molecule has 0 amide bonds. The average molecular weight is 276 g/mol. The highest BCUT2D eigenvalue weighted by Crippen LogP contribution is 2.22. The highest BCUT2D eigenvalue weighted by Gasteiger charge is 2.02. The van der Waals surface area contributed by atoms with E-state index < -0.39 is 0 Å². The Kier molecular flexibility index (Phi) is 1.80. The summed E-state index contributed by atoms with van der Waals surface area (Å²) in [5, 5.41) is 0. The highest BCUT2D eigenvalue weighted by molar-refractivity contribution is 14.1. The van der Waals surface area contributed by atoms with E-state index in [1.54, 1.807) is 6.33 Å². The SMILES string of the molecule is Sc1ccc(I)c2nc[nH]c12. The molecule has 1 N–H and O–H groups in total. The lowest BCUT2D eigenvalue weighted by atomic mass is 10.3. The number of nitrogens with zero attached hydrogens (tertiary/aromatic N) is 1. The second kappa shape index (κ2) is 2.67. The Morgan fingerprint density at radius 1 is 1.45 bits per heavy atom. The van der Waals surface area contributed by atoms with Crippen molar-refractivity contribution in [3.63, 3.8) is 0 Å². The first-order valence-corrected chi connectivity index (χ1v) is 4.62. The number of hydrogen-bond acceptors (Lipinski definition) is 2. The van der Waals surface area contributed by atoms with Crippen LogP contribution < -0.4 is 0 Å². The van der Waals surface area contributed by atoms with Crippen molar-refractivity contribution in [3.05, 3.63) is 22.0 Å². The van der Waals surface area contributed by atoms with Gasteiger partial charge in [0.15, 0.2) is 0 Å². The van der Waals surface area contributed by atoms with Crippen LogP contribution in [0.2, 0.25) is 0 Å². The third kappa shape index (κ3) is 1.14. The molecule has 56 valence electrons. The highest BCUT2D eigenvalue weighted by atomic mass is 127. The molecule has 0 spiro atoms. The van der Waals surface area contributed by atoms with E-state index in [-0.39, 0.29) is 0 Å². The zero-order chi connectivity index (χ0) is 7.84. The third-order valence-corrected chi connectivity index (χ3v) is 2.75. The van der Waals surface area contributed by atoms with Crippen molar-refractivity contribution in [1.82, 2.24) is 9.97 Å². The van der Waals surface area contributed by atoms with Gasteiger partial charge in [-0.05, 0) is 34.7 Å². The number of hydrogen-bond donors (Lipinski definition) is 2. The lowest BCUT2D eigenvalue weighted by Gasteiger charge is -1.94. The third-order valence-electron chi connectivity index (χ3n) is 1.51. The lowest BCUT2D eigenvalue weighted by Crippen LogP contribution is -1.76. The number of nitrogens with one attached hydrogen (secondary N) is 1. The minimum Gasteiger partial charge on any atom is -0.344 e. The van der Waals surface area contributed by atoms with Crippen LogP contribution in [0.3, 0.4) is 0 Å². The summed E-state index contributed by atoms with van der Waals surface area (Å²) < 4.78 is 1.15. The molecule has 0 bridgehead atoms. The number of aromatic nitrogens is 2. The summed E-state index contributed by atoms with van der Waals surface area (Å²) >= 11 is 6.54. The fraction of sp³-hybridized carbons (Fsp3) is 0. The molecule has 0 aliphatic rings. The Balaban J connectivity index is 2.96. The van der Waals surface area contributed by atoms with Crippen LogP contribution in [0.1, 0.15) is 0 Å². The van der Waals surface area contributed by atoms with E-state index >= 15 is 0 Å². The molecular formula is C7H5IN2S. The van der Waals surface area contributed by atoms with Crippen LogP contribution in [0.15, 0.2) is 23.4 Å². The molecule has 0 saturated carbocycles. The number of rotatable bonds is 0. The zero-order valence-corrected chi connectivity index (χ0v) is 8.56. The Bertz CT molecular complexity index is 360. The second-order valence-electron chi connectivity index (χ2n) is 2.19. The second-order valence-corrected chi connectivity index (χ2v) is 3.84. The predicted octanol–water partition coefficient (Wildman–Crippen LogP) is 2.46. The van der Waals surface area contributed by atoms with Gasteiger partial charge in [-0.3, -0.25) is 0 Å². The first kappa shape index (κ1) is 7.42. The minimum absolute atomic E-state index is 0.943. The molecule has 11 heavy (non-hydrogen) atoms. The topological polar surface area (TPSA) is 28.7 Å². The average Bonchev–Trinajstić information content (AvgIpc) is 2.45. The lowest BCUT2D eigenvalue weighted by molar-refractivity contribution is 1.33. The molecule has 0 atom stereocenters. The van der Waals surface area contributed by atoms with Crippen LogP contribution in [-0.4, -0.2) is 9.97 Å². The molecule has 0 fully saturated rings. The van der Waals surface area contributed by atoms with Crippen molar-refractivity contribution in [2.24, 2.45) is 0 Å². The first-order valence-electron chi connectivity index (χ1n) is 3.09. The van der Waals surface area contributed by atoms with Gasteiger partial charge in [0, 0.05) is 8.47 Å². The van der Waals surface area contributed by atoms with Gasteiger partial charge in [0.05, 0.1) is 11.8 Å². The van der Waals surface area contributed by atoms with Crippen molar-refractivity contribution in [2.45, 2.75) is 4.90 Å². The van der Waals surface area contributed by atoms with Crippen LogP contribution in [-0.2, 0) is 0 Å². The molecule has 0 saturated heterocycles. The largest absolute Gasteiger partial charge is 0.344 e. The van der Waals surface area contributed by atoms with Crippen LogP contribution in [0.25, 0.3) is 11.0 Å². The zero-order valence-electron chi connectivity index (χ0n) is 5.50. The molecule has 0 aliphatic carbocycles. The number of benzene rings is 1. The Hall–Kier alpha value is -0.230. The van der Waals surface area contributed by atoms with Crippen molar-refractivity contribution in [3.8, 4) is 0 Å². The van der Waals surface area contributed by atoms with Gasteiger partial charge in [-0.2, -0.15) is 0 Å². The summed E-state index contributed by atoms with van der Waals surface area (Å²) in [5.41, 5.74) is 2.01. The summed E-state index contributed by atoms with van der Waals surface area (Å²) in [6.45, 7) is 0. The summed E-state index contributed by atoms with van der Waals surface area (Å²) in [6, 6.07) is 3.97. The smallest absolute Gasteiger partial charge is 0.103 e. The number of halogens is 1. The van der Waals surface area contributed by atoms with E-state index in [1.807, 2.05) is 12.1 Å². The molecule has 4 heteroatoms. The monoisotopic (exact) mass is 276 g/mol. The summed E-state index contributed by atoms with van der Waals surface area (Å²) in [5.74, 6) is 0. The van der Waals surface area contributed by atoms with Crippen LogP contribution >= 0.6 is 35.2 Å². The fourth-order valence-electron chi connectivity index (χ4n) is 0.985. The van der Waals surface area contributed by atoms with E-state index in [0.717, 1.165) is 19.5 Å². The number of imidazole rings is 1. The molecular weight excluding hydrogens is 271 g/mol. The van der Waals surface area contributed by atoms with E-state index in [2.05, 4.69) is 45.2 Å². The maximum absolute atomic E-state index is 4.29. The van der Waals surface area contributed by atoms with Crippen molar-refractivity contribution >= 4 is 46.3 Å². The first-order chi connectivity index (χ1) is 5.29. The number of H-pyrrole nitrogens is 1. The standard InChI is InChI=1S/C7H5IN2S/c8-4-1-2-5(11)7-6(4)9-3-10-7/h1-3,11H,(H,9,10). The van der Waals surface area contributed by atoms with Gasteiger partial charge in [0.2, 0.25) is 0 Å². The molecule has 1 aromatic heterocycles. The summed E-state index contributed by atoms with van der Waals surface area (Å²) in [4.78, 5) is 8.15. The van der Waals surface area contributed by atoms with Crippen LogP contribution in [0, 0.1) is 3.57 Å². The molecule has 0 aliphatic heterocycles. The van der Waals surface area contributed by atoms with Crippen LogP contribution in [0.5, 0.6) is 0 Å². The Morgan fingerprint density at radius 3 is 3.00 bits per heavy atom. The number of aromatic amines is 1.